The van der Waals surface area contributed by atoms with Gasteiger partial charge in [-0.15, -0.1) is 0 Å². The number of aryl methyl sites for hydroxylation is 2. The van der Waals surface area contributed by atoms with E-state index in [0.717, 1.165) is 6.42 Å². The third-order valence-electron chi connectivity index (χ3n) is 6.24. The van der Waals surface area contributed by atoms with E-state index in [2.05, 4.69) is 62.4 Å². The molecule has 0 heterocycles. The van der Waals surface area contributed by atoms with Gasteiger partial charge in [0.2, 0.25) is 0 Å². The third kappa shape index (κ3) is 2.80. The van der Waals surface area contributed by atoms with Gasteiger partial charge in [-0.2, -0.15) is 0 Å². The maximum absolute atomic E-state index is 2.58. The third-order valence-corrected chi connectivity index (χ3v) is 14.1. The Kier molecular flexibility index (Phi) is 4.32. The first-order valence-corrected chi connectivity index (χ1v) is 13.7. The van der Waals surface area contributed by atoms with E-state index in [9.17, 15) is 0 Å². The predicted molar refractivity (Wildman–Crippen MR) is 109 cm³/mol. The Labute approximate surface area is 164 Å². The zero-order chi connectivity index (χ0) is 17.7. The fraction of sp³-hybridized carbons (Fsp3) is 0.320. The summed E-state index contributed by atoms with van der Waals surface area (Å²) in [6, 6.07) is 12.1. The maximum atomic E-state index is 2.58. The van der Waals surface area contributed by atoms with Gasteiger partial charge in [-0.3, -0.25) is 0 Å². The van der Waals surface area contributed by atoms with E-state index < -0.39 is 21.3 Å². The fourth-order valence-corrected chi connectivity index (χ4v) is 13.7. The number of benzene rings is 2. The minimum atomic E-state index is -1.92. The molecule has 0 saturated heterocycles. The molecule has 1 fully saturated rings. The molecule has 0 aliphatic heterocycles. The normalized spacial score (nSPS) is 17.5. The van der Waals surface area contributed by atoms with Crippen molar-refractivity contribution in [3.63, 3.8) is 0 Å². The van der Waals surface area contributed by atoms with E-state index in [4.69, 9.17) is 0 Å². The zero-order valence-corrected chi connectivity index (χ0v) is 18.3. The van der Waals surface area contributed by atoms with Crippen LogP contribution in [0.25, 0.3) is 11.1 Å². The Hall–Kier alpha value is -1.33. The number of fused-ring (bicyclic) bond motifs is 3. The van der Waals surface area contributed by atoms with E-state index in [0.29, 0.717) is 0 Å². The van der Waals surface area contributed by atoms with Crippen LogP contribution in [0.2, 0.25) is 0 Å². The average molecular weight is 418 g/mol. The Morgan fingerprint density at radius 3 is 2.46 bits per heavy atom. The van der Waals surface area contributed by atoms with Crippen LogP contribution in [0.1, 0.15) is 54.4 Å². The molecule has 1 heteroatoms. The van der Waals surface area contributed by atoms with Crippen molar-refractivity contribution in [3.05, 3.63) is 74.1 Å². The molecule has 3 aliphatic carbocycles. The summed E-state index contributed by atoms with van der Waals surface area (Å²) >= 11 is -1.92. The summed E-state index contributed by atoms with van der Waals surface area (Å²) < 4.78 is 5.58. The topological polar surface area (TPSA) is 0 Å². The summed E-state index contributed by atoms with van der Waals surface area (Å²) in [4.78, 5) is 0. The molecule has 3 aliphatic rings. The van der Waals surface area contributed by atoms with Gasteiger partial charge in [0, 0.05) is 0 Å². The first-order valence-electron chi connectivity index (χ1n) is 10.0. The Morgan fingerprint density at radius 2 is 1.69 bits per heavy atom. The van der Waals surface area contributed by atoms with Gasteiger partial charge in [0.25, 0.3) is 0 Å². The number of allylic oxidation sites excluding steroid dienone is 4. The summed E-state index contributed by atoms with van der Waals surface area (Å²) in [5.41, 5.74) is 9.10. The number of hydrogen-bond donors (Lipinski definition) is 0. The quantitative estimate of drug-likeness (QED) is 0.501. The van der Waals surface area contributed by atoms with Gasteiger partial charge in [0.15, 0.2) is 0 Å². The Balaban J connectivity index is 1.74. The zero-order valence-electron chi connectivity index (χ0n) is 15.9. The second-order valence-corrected chi connectivity index (χ2v) is 14.7. The van der Waals surface area contributed by atoms with Crippen LogP contribution < -0.4 is 3.27 Å². The van der Waals surface area contributed by atoms with Crippen molar-refractivity contribution in [3.8, 4) is 11.1 Å². The van der Waals surface area contributed by atoms with Crippen molar-refractivity contribution in [1.82, 2.24) is 0 Å². The molecular formula is C25H26Zr. The molecule has 5 rings (SSSR count). The van der Waals surface area contributed by atoms with Crippen molar-refractivity contribution < 1.29 is 21.3 Å². The second kappa shape index (κ2) is 6.68. The summed E-state index contributed by atoms with van der Waals surface area (Å²) in [6.45, 7) is 4.53. The molecular weight excluding hydrogens is 391 g/mol. The molecule has 0 N–H and O–H groups in total. The standard InChI is InChI=1S/C15H13.C5H8.C5H5.Zr/c1-10-3-5-12-9-13-6-4-11(2)8-15(13)14(12)7-10;2*1-2-4-5-3-1;/h3-5,7-8H,9H2,1-2H3;1-4H2;1-3H,4H2;. The molecule has 0 nitrogen and oxygen atoms in total. The van der Waals surface area contributed by atoms with Gasteiger partial charge in [-0.1, -0.05) is 0 Å². The predicted octanol–water partition coefficient (Wildman–Crippen LogP) is 5.71. The molecule has 0 spiro atoms. The average Bonchev–Trinajstić information content (AvgIpc) is 3.36. The Morgan fingerprint density at radius 1 is 0.885 bits per heavy atom. The van der Waals surface area contributed by atoms with Crippen LogP contribution in [0.3, 0.4) is 0 Å². The summed E-state index contributed by atoms with van der Waals surface area (Å²) in [6.07, 6.45) is 15.2. The first-order chi connectivity index (χ1) is 12.7. The van der Waals surface area contributed by atoms with Crippen LogP contribution in [0, 0.1) is 13.8 Å². The van der Waals surface area contributed by atoms with Crippen LogP contribution in [0.15, 0.2) is 51.8 Å². The molecule has 130 valence electrons. The van der Waals surface area contributed by atoms with Crippen molar-refractivity contribution in [2.45, 2.75) is 52.4 Å². The molecule has 0 unspecified atom stereocenters. The van der Waals surface area contributed by atoms with Gasteiger partial charge in [-0.05, 0) is 0 Å². The monoisotopic (exact) mass is 416 g/mol. The van der Waals surface area contributed by atoms with E-state index in [1.807, 2.05) is 6.49 Å². The van der Waals surface area contributed by atoms with Gasteiger partial charge in [0.05, 0.1) is 0 Å². The summed E-state index contributed by atoms with van der Waals surface area (Å²) in [7, 11) is 0. The van der Waals surface area contributed by atoms with Crippen molar-refractivity contribution >= 4 is 6.48 Å². The van der Waals surface area contributed by atoms with Crippen LogP contribution in [0.4, 0.5) is 0 Å². The molecule has 2 aromatic carbocycles. The van der Waals surface area contributed by atoms with Gasteiger partial charge < -0.3 is 0 Å². The van der Waals surface area contributed by atoms with Crippen LogP contribution in [-0.4, -0.2) is 3.21 Å². The van der Waals surface area contributed by atoms with Crippen molar-refractivity contribution in [2.75, 3.05) is 0 Å². The van der Waals surface area contributed by atoms with Gasteiger partial charge >= 0.3 is 165 Å². The minimum absolute atomic E-state index is 1.15. The van der Waals surface area contributed by atoms with E-state index in [-0.39, 0.29) is 0 Å². The van der Waals surface area contributed by atoms with Gasteiger partial charge in [-0.25, -0.2) is 0 Å². The Bertz CT molecular complexity index is 993. The SMILES string of the molecule is Cc1ccc2c(c1)-c1cc(C)c[c]([Zr]([C]3=CC=CC3)=[C]3CCCC3)c1C2. The fourth-order valence-electron chi connectivity index (χ4n) is 5.03. The van der Waals surface area contributed by atoms with Crippen molar-refractivity contribution in [2.24, 2.45) is 0 Å². The molecule has 1 saturated carbocycles. The second-order valence-electron chi connectivity index (χ2n) is 8.19. The van der Waals surface area contributed by atoms with Crippen LogP contribution in [-0.2, 0) is 27.7 Å². The van der Waals surface area contributed by atoms with Crippen LogP contribution >= 0.6 is 0 Å². The molecule has 0 atom stereocenters. The first kappa shape index (κ1) is 16.8. The molecule has 0 amide bonds. The van der Waals surface area contributed by atoms with Crippen LogP contribution in [0.5, 0.6) is 0 Å². The number of rotatable bonds is 2. The van der Waals surface area contributed by atoms with Crippen molar-refractivity contribution in [1.29, 1.82) is 0 Å². The van der Waals surface area contributed by atoms with E-state index in [1.54, 1.807) is 14.4 Å². The molecule has 0 aromatic heterocycles. The van der Waals surface area contributed by atoms with E-state index >= 15 is 0 Å². The summed E-state index contributed by atoms with van der Waals surface area (Å²) in [5.74, 6) is 0. The molecule has 0 radical (unpaired) electrons. The van der Waals surface area contributed by atoms with E-state index in [1.165, 1.54) is 54.4 Å². The molecule has 2 aromatic rings. The number of hydrogen-bond acceptors (Lipinski definition) is 0. The summed E-state index contributed by atoms with van der Waals surface area (Å²) in [5, 5.41) is 0. The molecule has 26 heavy (non-hydrogen) atoms. The van der Waals surface area contributed by atoms with Gasteiger partial charge in [0.1, 0.15) is 0 Å². The molecule has 0 bridgehead atoms.